The van der Waals surface area contributed by atoms with Gasteiger partial charge in [-0.15, -0.1) is 0 Å². The molecule has 0 fully saturated rings. The minimum Gasteiger partial charge on any atom is -0.443 e. The van der Waals surface area contributed by atoms with Gasteiger partial charge in [0.05, 0.1) is 0 Å². The monoisotopic (exact) mass is 213 g/mol. The van der Waals surface area contributed by atoms with Crippen molar-refractivity contribution >= 4 is 12.1 Å². The van der Waals surface area contributed by atoms with Crippen LogP contribution in [0.1, 0.15) is 33.6 Å². The highest BCUT2D eigenvalue weighted by molar-refractivity contribution is 5.93. The summed E-state index contributed by atoms with van der Waals surface area (Å²) in [7, 11) is 0. The van der Waals surface area contributed by atoms with Crippen LogP contribution in [-0.4, -0.2) is 35.6 Å². The fourth-order valence-electron chi connectivity index (χ4n) is 1.28. The molecule has 1 aliphatic rings. The summed E-state index contributed by atoms with van der Waals surface area (Å²) in [5.74, 6) is 0.266. The Hall–Kier alpha value is -1.26. The number of carbonyl (C=O) groups excluding carboxylic acids is 1. The SMILES string of the molecule is CC(C)(C)OC(=O)N1CCCCN=C1N. The maximum atomic E-state index is 11.7. The molecule has 0 aromatic rings. The number of amides is 1. The van der Waals surface area contributed by atoms with Crippen molar-refractivity contribution in [3.05, 3.63) is 0 Å². The molecular weight excluding hydrogens is 194 g/mol. The molecule has 0 aliphatic carbocycles. The van der Waals surface area contributed by atoms with Crippen molar-refractivity contribution in [2.24, 2.45) is 10.7 Å². The van der Waals surface area contributed by atoms with Crippen molar-refractivity contribution in [1.29, 1.82) is 0 Å². The molecule has 0 bridgehead atoms. The van der Waals surface area contributed by atoms with Crippen molar-refractivity contribution in [1.82, 2.24) is 4.90 Å². The summed E-state index contributed by atoms with van der Waals surface area (Å²) in [6.45, 7) is 6.76. The smallest absolute Gasteiger partial charge is 0.417 e. The number of nitrogens with zero attached hydrogens (tertiary/aromatic N) is 2. The second-order valence-electron chi connectivity index (χ2n) is 4.58. The first kappa shape index (κ1) is 11.8. The summed E-state index contributed by atoms with van der Waals surface area (Å²) >= 11 is 0. The second kappa shape index (κ2) is 4.51. The van der Waals surface area contributed by atoms with Crippen LogP contribution in [0.25, 0.3) is 0 Å². The molecule has 1 heterocycles. The summed E-state index contributed by atoms with van der Waals surface area (Å²) in [4.78, 5) is 17.2. The first-order valence-corrected chi connectivity index (χ1v) is 5.20. The van der Waals surface area contributed by atoms with Gasteiger partial charge in [0.1, 0.15) is 5.60 Å². The topological polar surface area (TPSA) is 67.9 Å². The zero-order chi connectivity index (χ0) is 11.5. The number of carbonyl (C=O) groups is 1. The fourth-order valence-corrected chi connectivity index (χ4v) is 1.28. The van der Waals surface area contributed by atoms with E-state index in [0.717, 1.165) is 12.8 Å². The molecule has 1 aliphatic heterocycles. The summed E-state index contributed by atoms with van der Waals surface area (Å²) in [5.41, 5.74) is 5.18. The van der Waals surface area contributed by atoms with Gasteiger partial charge in [0.15, 0.2) is 0 Å². The lowest BCUT2D eigenvalue weighted by Crippen LogP contribution is -2.44. The molecule has 2 N–H and O–H groups in total. The van der Waals surface area contributed by atoms with E-state index < -0.39 is 11.7 Å². The maximum absolute atomic E-state index is 11.7. The normalized spacial score (nSPS) is 18.1. The third-order valence-corrected chi connectivity index (χ3v) is 1.95. The van der Waals surface area contributed by atoms with Crippen LogP contribution in [0.5, 0.6) is 0 Å². The van der Waals surface area contributed by atoms with Crippen LogP contribution < -0.4 is 5.73 Å². The van der Waals surface area contributed by atoms with Gasteiger partial charge in [-0.05, 0) is 33.6 Å². The third kappa shape index (κ3) is 3.77. The van der Waals surface area contributed by atoms with Crippen molar-refractivity contribution in [3.63, 3.8) is 0 Å². The quantitative estimate of drug-likeness (QED) is 0.660. The molecule has 0 radical (unpaired) electrons. The van der Waals surface area contributed by atoms with E-state index in [4.69, 9.17) is 10.5 Å². The van der Waals surface area contributed by atoms with Crippen LogP contribution in [0.4, 0.5) is 4.79 Å². The van der Waals surface area contributed by atoms with Crippen LogP contribution >= 0.6 is 0 Å². The lowest BCUT2D eigenvalue weighted by Gasteiger charge is -2.25. The minimum absolute atomic E-state index is 0.266. The zero-order valence-electron chi connectivity index (χ0n) is 9.62. The largest absolute Gasteiger partial charge is 0.443 e. The molecule has 0 saturated heterocycles. The second-order valence-corrected chi connectivity index (χ2v) is 4.58. The van der Waals surface area contributed by atoms with Gasteiger partial charge in [-0.25, -0.2) is 9.69 Å². The number of nitrogens with two attached hydrogens (primary N) is 1. The summed E-state index contributed by atoms with van der Waals surface area (Å²) in [6.07, 6.45) is 1.45. The summed E-state index contributed by atoms with van der Waals surface area (Å²) < 4.78 is 5.23. The van der Waals surface area contributed by atoms with Crippen LogP contribution in [0.15, 0.2) is 4.99 Å². The fraction of sp³-hybridized carbons (Fsp3) is 0.800. The molecule has 0 unspecified atom stereocenters. The molecule has 1 rings (SSSR count). The predicted octanol–water partition coefficient (Wildman–Crippen LogP) is 1.33. The first-order chi connectivity index (χ1) is 6.90. The zero-order valence-corrected chi connectivity index (χ0v) is 9.62. The number of hydrogen-bond acceptors (Lipinski definition) is 4. The van der Waals surface area contributed by atoms with E-state index >= 15 is 0 Å². The lowest BCUT2D eigenvalue weighted by atomic mass is 10.2. The Kier molecular flexibility index (Phi) is 3.55. The molecule has 86 valence electrons. The predicted molar refractivity (Wildman–Crippen MR) is 58.7 cm³/mol. The Labute approximate surface area is 90.3 Å². The van der Waals surface area contributed by atoms with Gasteiger partial charge < -0.3 is 10.5 Å². The van der Waals surface area contributed by atoms with E-state index in [1.54, 1.807) is 0 Å². The van der Waals surface area contributed by atoms with Crippen LogP contribution in [-0.2, 0) is 4.74 Å². The van der Waals surface area contributed by atoms with Gasteiger partial charge in [-0.3, -0.25) is 4.99 Å². The number of ether oxygens (including phenoxy) is 1. The highest BCUT2D eigenvalue weighted by atomic mass is 16.6. The molecule has 0 aromatic carbocycles. The number of aliphatic imine (C=N–C) groups is 1. The molecule has 1 amide bonds. The maximum Gasteiger partial charge on any atom is 0.417 e. The Morgan fingerprint density at radius 2 is 2.13 bits per heavy atom. The van der Waals surface area contributed by atoms with Crippen molar-refractivity contribution < 1.29 is 9.53 Å². The van der Waals surface area contributed by atoms with Crippen LogP contribution in [0.3, 0.4) is 0 Å². The molecule has 0 aromatic heterocycles. The van der Waals surface area contributed by atoms with Crippen LogP contribution in [0.2, 0.25) is 0 Å². The molecule has 5 nitrogen and oxygen atoms in total. The highest BCUT2D eigenvalue weighted by Crippen LogP contribution is 2.11. The minimum atomic E-state index is -0.496. The first-order valence-electron chi connectivity index (χ1n) is 5.20. The molecule has 0 spiro atoms. The van der Waals surface area contributed by atoms with Gasteiger partial charge in [-0.2, -0.15) is 0 Å². The molecule has 0 saturated carbocycles. The van der Waals surface area contributed by atoms with E-state index in [2.05, 4.69) is 4.99 Å². The van der Waals surface area contributed by atoms with E-state index in [-0.39, 0.29) is 5.96 Å². The van der Waals surface area contributed by atoms with E-state index in [9.17, 15) is 4.79 Å². The summed E-state index contributed by atoms with van der Waals surface area (Å²) in [5, 5.41) is 0. The van der Waals surface area contributed by atoms with Crippen molar-refractivity contribution in [2.75, 3.05) is 13.1 Å². The van der Waals surface area contributed by atoms with Crippen molar-refractivity contribution in [3.8, 4) is 0 Å². The standard InChI is InChI=1S/C10H19N3O2/c1-10(2,3)15-9(14)13-7-5-4-6-12-8(13)11/h4-7H2,1-3H3,(H2,11,12). The number of hydrogen-bond donors (Lipinski definition) is 1. The molecule has 5 heteroatoms. The van der Waals surface area contributed by atoms with E-state index in [1.807, 2.05) is 20.8 Å². The molecule has 0 atom stereocenters. The van der Waals surface area contributed by atoms with Gasteiger partial charge >= 0.3 is 6.09 Å². The molecule has 15 heavy (non-hydrogen) atoms. The Bertz CT molecular complexity index is 268. The Morgan fingerprint density at radius 1 is 1.47 bits per heavy atom. The Balaban J connectivity index is 2.65. The third-order valence-electron chi connectivity index (χ3n) is 1.95. The van der Waals surface area contributed by atoms with Gasteiger partial charge in [0.2, 0.25) is 5.96 Å². The average molecular weight is 213 g/mol. The van der Waals surface area contributed by atoms with Gasteiger partial charge in [-0.1, -0.05) is 0 Å². The highest BCUT2D eigenvalue weighted by Gasteiger charge is 2.24. The van der Waals surface area contributed by atoms with E-state index in [0.29, 0.717) is 13.1 Å². The van der Waals surface area contributed by atoms with Crippen molar-refractivity contribution in [2.45, 2.75) is 39.2 Å². The van der Waals surface area contributed by atoms with Crippen LogP contribution in [0, 0.1) is 0 Å². The lowest BCUT2D eigenvalue weighted by molar-refractivity contribution is 0.0368. The number of rotatable bonds is 0. The van der Waals surface area contributed by atoms with Gasteiger partial charge in [0, 0.05) is 13.1 Å². The molecular formula is C10H19N3O2. The summed E-state index contributed by atoms with van der Waals surface area (Å²) in [6, 6.07) is 0. The average Bonchev–Trinajstić information content (AvgIpc) is 2.26. The Morgan fingerprint density at radius 3 is 2.73 bits per heavy atom. The van der Waals surface area contributed by atoms with Gasteiger partial charge in [0.25, 0.3) is 0 Å². The van der Waals surface area contributed by atoms with E-state index in [1.165, 1.54) is 4.90 Å². The number of guanidine groups is 1.